The molecular formula is C11H24N2O2. The minimum absolute atomic E-state index is 0.177. The smallest absolute Gasteiger partial charge is 0.254 e. The monoisotopic (exact) mass is 216 g/mol. The molecule has 0 radical (unpaired) electrons. The fraction of sp³-hybridized carbons (Fsp3) is 0.909. The van der Waals surface area contributed by atoms with Crippen molar-refractivity contribution in [3.8, 4) is 0 Å². The molecule has 0 aromatic rings. The molecule has 90 valence electrons. The molecule has 0 bridgehead atoms. The first-order chi connectivity index (χ1) is 6.93. The molecule has 0 aromatic heterocycles. The van der Waals surface area contributed by atoms with Crippen molar-refractivity contribution in [2.45, 2.75) is 39.7 Å². The Kier molecular flexibility index (Phi) is 6.52. The zero-order valence-electron chi connectivity index (χ0n) is 10.3. The molecule has 0 aliphatic carbocycles. The molecule has 0 unspecified atom stereocenters. The fourth-order valence-corrected chi connectivity index (χ4v) is 1.25. The molecule has 1 aliphatic heterocycles. The molecule has 0 atom stereocenters. The normalized spacial score (nSPS) is 16.7. The van der Waals surface area contributed by atoms with Gasteiger partial charge in [-0.2, -0.15) is 0 Å². The molecule has 15 heavy (non-hydrogen) atoms. The number of hydrogen-bond acceptors (Lipinski definition) is 3. The second-order valence-electron chi connectivity index (χ2n) is 4.31. The molecule has 1 aliphatic rings. The molecule has 1 heterocycles. The van der Waals surface area contributed by atoms with E-state index in [0.717, 1.165) is 13.1 Å². The first kappa shape index (κ1) is 14.4. The number of amides is 1. The van der Waals surface area contributed by atoms with Gasteiger partial charge in [0, 0.05) is 26.2 Å². The summed E-state index contributed by atoms with van der Waals surface area (Å²) >= 11 is 0. The van der Waals surface area contributed by atoms with Gasteiger partial charge in [0.15, 0.2) is 0 Å². The van der Waals surface area contributed by atoms with Crippen molar-refractivity contribution in [2.75, 3.05) is 26.2 Å². The Morgan fingerprint density at radius 3 is 2.07 bits per heavy atom. The lowest BCUT2D eigenvalue weighted by atomic mass is 10.1. The van der Waals surface area contributed by atoms with Gasteiger partial charge in [0.1, 0.15) is 5.60 Å². The van der Waals surface area contributed by atoms with Crippen LogP contribution in [0.4, 0.5) is 0 Å². The van der Waals surface area contributed by atoms with Crippen molar-refractivity contribution in [1.82, 2.24) is 10.2 Å². The number of carbonyl (C=O) groups is 1. The van der Waals surface area contributed by atoms with Crippen LogP contribution >= 0.6 is 0 Å². The van der Waals surface area contributed by atoms with Crippen molar-refractivity contribution >= 4 is 5.91 Å². The Morgan fingerprint density at radius 2 is 1.73 bits per heavy atom. The van der Waals surface area contributed by atoms with E-state index >= 15 is 0 Å². The van der Waals surface area contributed by atoms with E-state index in [1.807, 2.05) is 0 Å². The summed E-state index contributed by atoms with van der Waals surface area (Å²) < 4.78 is 0. The lowest BCUT2D eigenvalue weighted by Crippen LogP contribution is -2.52. The largest absolute Gasteiger partial charge is 0.381 e. The Bertz CT molecular complexity index is 182. The predicted octanol–water partition coefficient (Wildman–Crippen LogP) is 0.605. The van der Waals surface area contributed by atoms with Crippen LogP contribution in [0.1, 0.15) is 34.1 Å². The first-order valence-corrected chi connectivity index (χ1v) is 5.66. The van der Waals surface area contributed by atoms with Crippen LogP contribution < -0.4 is 5.32 Å². The second-order valence-corrected chi connectivity index (χ2v) is 4.31. The van der Waals surface area contributed by atoms with E-state index in [1.54, 1.807) is 4.90 Å². The topological polar surface area (TPSA) is 52.6 Å². The minimum atomic E-state index is -1.22. The van der Waals surface area contributed by atoms with Crippen molar-refractivity contribution < 1.29 is 9.90 Å². The zero-order valence-corrected chi connectivity index (χ0v) is 10.3. The lowest BCUT2D eigenvalue weighted by molar-refractivity contribution is -0.148. The van der Waals surface area contributed by atoms with Crippen molar-refractivity contribution in [2.24, 2.45) is 0 Å². The average molecular weight is 216 g/mol. The maximum Gasteiger partial charge on any atom is 0.254 e. The molecule has 1 fully saturated rings. The van der Waals surface area contributed by atoms with Crippen LogP contribution in [0.25, 0.3) is 0 Å². The van der Waals surface area contributed by atoms with Crippen LogP contribution in [0, 0.1) is 0 Å². The van der Waals surface area contributed by atoms with Crippen molar-refractivity contribution in [3.05, 3.63) is 0 Å². The molecule has 2 N–H and O–H groups in total. The summed E-state index contributed by atoms with van der Waals surface area (Å²) in [7, 11) is 0. The van der Waals surface area contributed by atoms with Crippen LogP contribution in [-0.4, -0.2) is 47.7 Å². The molecule has 1 rings (SSSR count). The Hall–Kier alpha value is -0.610. The van der Waals surface area contributed by atoms with Gasteiger partial charge in [-0.1, -0.05) is 20.3 Å². The first-order valence-electron chi connectivity index (χ1n) is 5.66. The summed E-state index contributed by atoms with van der Waals surface area (Å²) in [5.41, 5.74) is -1.22. The van der Waals surface area contributed by atoms with E-state index in [1.165, 1.54) is 20.3 Å². The van der Waals surface area contributed by atoms with Crippen LogP contribution in [0.2, 0.25) is 0 Å². The molecule has 4 heteroatoms. The van der Waals surface area contributed by atoms with Gasteiger partial charge in [-0.3, -0.25) is 4.79 Å². The third kappa shape index (κ3) is 5.74. The number of nitrogens with one attached hydrogen (secondary N) is 1. The van der Waals surface area contributed by atoms with E-state index < -0.39 is 5.60 Å². The van der Waals surface area contributed by atoms with Crippen LogP contribution in [0.5, 0.6) is 0 Å². The lowest BCUT2D eigenvalue weighted by Gasteiger charge is -2.31. The highest BCUT2D eigenvalue weighted by molar-refractivity contribution is 5.84. The van der Waals surface area contributed by atoms with E-state index in [-0.39, 0.29) is 5.91 Å². The van der Waals surface area contributed by atoms with E-state index in [2.05, 4.69) is 19.2 Å². The highest BCUT2D eigenvalue weighted by atomic mass is 16.3. The number of aliphatic hydroxyl groups is 1. The number of hydrogen-bond donors (Lipinski definition) is 2. The SMILES string of the molecule is CC(C)(O)C(=O)N1CCNCC1.CCC. The summed E-state index contributed by atoms with van der Waals surface area (Å²) in [5.74, 6) is -0.177. The number of nitrogens with zero attached hydrogens (tertiary/aromatic N) is 1. The molecule has 0 spiro atoms. The summed E-state index contributed by atoms with van der Waals surface area (Å²) in [4.78, 5) is 13.2. The van der Waals surface area contributed by atoms with Gasteiger partial charge in [-0.05, 0) is 13.8 Å². The van der Waals surface area contributed by atoms with Gasteiger partial charge < -0.3 is 15.3 Å². The quantitative estimate of drug-likeness (QED) is 0.675. The van der Waals surface area contributed by atoms with Gasteiger partial charge in [0.2, 0.25) is 0 Å². The second kappa shape index (κ2) is 6.80. The highest BCUT2D eigenvalue weighted by Gasteiger charge is 2.29. The number of piperazine rings is 1. The third-order valence-electron chi connectivity index (χ3n) is 1.93. The van der Waals surface area contributed by atoms with Crippen LogP contribution in [-0.2, 0) is 4.79 Å². The molecule has 1 amide bonds. The van der Waals surface area contributed by atoms with Gasteiger partial charge in [-0.25, -0.2) is 0 Å². The highest BCUT2D eigenvalue weighted by Crippen LogP contribution is 2.07. The van der Waals surface area contributed by atoms with E-state index in [0.29, 0.717) is 13.1 Å². The Balaban J connectivity index is 0.000000583. The fourth-order valence-electron chi connectivity index (χ4n) is 1.25. The summed E-state index contributed by atoms with van der Waals surface area (Å²) in [6, 6.07) is 0. The average Bonchev–Trinajstić information content (AvgIpc) is 2.18. The zero-order chi connectivity index (χ0) is 11.9. The Morgan fingerprint density at radius 1 is 1.33 bits per heavy atom. The predicted molar refractivity (Wildman–Crippen MR) is 61.7 cm³/mol. The number of rotatable bonds is 1. The van der Waals surface area contributed by atoms with Crippen molar-refractivity contribution in [1.29, 1.82) is 0 Å². The van der Waals surface area contributed by atoms with Crippen LogP contribution in [0.3, 0.4) is 0 Å². The molecular weight excluding hydrogens is 192 g/mol. The van der Waals surface area contributed by atoms with Gasteiger partial charge in [-0.15, -0.1) is 0 Å². The standard InChI is InChI=1S/C8H16N2O2.C3H8/c1-8(2,12)7(11)10-5-3-9-4-6-10;1-3-2/h9,12H,3-6H2,1-2H3;3H2,1-2H3. The van der Waals surface area contributed by atoms with Crippen LogP contribution in [0.15, 0.2) is 0 Å². The van der Waals surface area contributed by atoms with Gasteiger partial charge in [0.25, 0.3) is 5.91 Å². The number of carbonyl (C=O) groups excluding carboxylic acids is 1. The Labute approximate surface area is 92.7 Å². The summed E-state index contributed by atoms with van der Waals surface area (Å²) in [6.45, 7) is 10.3. The molecule has 0 saturated carbocycles. The summed E-state index contributed by atoms with van der Waals surface area (Å²) in [6.07, 6.45) is 1.25. The molecule has 0 aromatic carbocycles. The van der Waals surface area contributed by atoms with E-state index in [4.69, 9.17) is 0 Å². The maximum absolute atomic E-state index is 11.5. The van der Waals surface area contributed by atoms with E-state index in [9.17, 15) is 9.90 Å². The van der Waals surface area contributed by atoms with Gasteiger partial charge in [0.05, 0.1) is 0 Å². The third-order valence-corrected chi connectivity index (χ3v) is 1.93. The van der Waals surface area contributed by atoms with Crippen molar-refractivity contribution in [3.63, 3.8) is 0 Å². The molecule has 1 saturated heterocycles. The minimum Gasteiger partial charge on any atom is -0.381 e. The maximum atomic E-state index is 11.5. The summed E-state index contributed by atoms with van der Waals surface area (Å²) in [5, 5.41) is 12.6. The van der Waals surface area contributed by atoms with Gasteiger partial charge >= 0.3 is 0 Å². The molecule has 4 nitrogen and oxygen atoms in total.